The van der Waals surface area contributed by atoms with Crippen molar-refractivity contribution in [1.29, 1.82) is 0 Å². The largest absolute Gasteiger partial charge is 0.465 e. The zero-order valence-electron chi connectivity index (χ0n) is 7.15. The second-order valence-corrected chi connectivity index (χ2v) is 4.07. The summed E-state index contributed by atoms with van der Waals surface area (Å²) in [4.78, 5) is 19.9. The van der Waals surface area contributed by atoms with E-state index in [1.807, 2.05) is 0 Å². The van der Waals surface area contributed by atoms with E-state index in [0.717, 1.165) is 0 Å². The first-order valence-electron chi connectivity index (χ1n) is 3.71. The van der Waals surface area contributed by atoms with Crippen molar-refractivity contribution in [3.05, 3.63) is 22.3 Å². The van der Waals surface area contributed by atoms with E-state index in [2.05, 4.69) is 14.7 Å². The third-order valence-corrected chi connectivity index (χ3v) is 2.73. The van der Waals surface area contributed by atoms with E-state index in [1.54, 1.807) is 6.07 Å². The number of ether oxygens (including phenoxy) is 1. The van der Waals surface area contributed by atoms with Crippen LogP contribution in [0, 0.1) is 0 Å². The Labute approximate surface area is 88.5 Å². The highest BCUT2D eigenvalue weighted by molar-refractivity contribution is 7.21. The lowest BCUT2D eigenvalue weighted by Gasteiger charge is -1.96. The Kier molecular flexibility index (Phi) is 2.35. The molecule has 0 radical (unpaired) electrons. The van der Waals surface area contributed by atoms with Gasteiger partial charge in [-0.1, -0.05) is 22.9 Å². The van der Waals surface area contributed by atoms with Crippen molar-refractivity contribution in [3.63, 3.8) is 0 Å². The number of aromatic nitrogens is 2. The van der Waals surface area contributed by atoms with Crippen molar-refractivity contribution in [2.24, 2.45) is 0 Å². The summed E-state index contributed by atoms with van der Waals surface area (Å²) in [6, 6.07) is 1.61. The zero-order valence-corrected chi connectivity index (χ0v) is 8.72. The van der Waals surface area contributed by atoms with Crippen molar-refractivity contribution in [1.82, 2.24) is 9.97 Å². The first kappa shape index (κ1) is 9.36. The number of nitrogens with zero attached hydrogens (tertiary/aromatic N) is 2. The molecule has 14 heavy (non-hydrogen) atoms. The van der Waals surface area contributed by atoms with Crippen molar-refractivity contribution in [2.45, 2.75) is 0 Å². The fourth-order valence-corrected chi connectivity index (χ4v) is 1.95. The molecule has 4 nitrogen and oxygen atoms in total. The van der Waals surface area contributed by atoms with Gasteiger partial charge in [0.2, 0.25) is 0 Å². The number of methoxy groups -OCH3 is 1. The van der Waals surface area contributed by atoms with Crippen LogP contribution in [0.4, 0.5) is 0 Å². The number of thiazole rings is 1. The van der Waals surface area contributed by atoms with Crippen molar-refractivity contribution in [2.75, 3.05) is 7.11 Å². The Hall–Kier alpha value is -1.20. The minimum Gasteiger partial charge on any atom is -0.465 e. The number of carbonyl (C=O) groups is 1. The van der Waals surface area contributed by atoms with Crippen molar-refractivity contribution in [3.8, 4) is 0 Å². The van der Waals surface area contributed by atoms with Crippen LogP contribution in [-0.2, 0) is 4.74 Å². The van der Waals surface area contributed by atoms with Gasteiger partial charge in [0.05, 0.1) is 12.7 Å². The highest BCUT2D eigenvalue weighted by Gasteiger charge is 2.09. The van der Waals surface area contributed by atoms with Gasteiger partial charge in [-0.2, -0.15) is 0 Å². The molecule has 0 saturated carbocycles. The molecule has 2 aromatic rings. The molecule has 0 bridgehead atoms. The minimum atomic E-state index is -0.427. The zero-order chi connectivity index (χ0) is 10.1. The molecule has 0 N–H and O–H groups in total. The molecule has 2 aromatic heterocycles. The molecule has 0 atom stereocenters. The summed E-state index contributed by atoms with van der Waals surface area (Å²) in [5.74, 6) is -0.427. The van der Waals surface area contributed by atoms with E-state index in [0.29, 0.717) is 20.4 Å². The number of hydrogen-bond donors (Lipinski definition) is 0. The molecule has 0 saturated heterocycles. The van der Waals surface area contributed by atoms with Gasteiger partial charge >= 0.3 is 5.97 Å². The highest BCUT2D eigenvalue weighted by atomic mass is 35.5. The Balaban J connectivity index is 2.55. The summed E-state index contributed by atoms with van der Waals surface area (Å²) in [7, 11) is 1.32. The first-order chi connectivity index (χ1) is 6.70. The van der Waals surface area contributed by atoms with E-state index in [-0.39, 0.29) is 0 Å². The summed E-state index contributed by atoms with van der Waals surface area (Å²) in [5.41, 5.74) is 0.991. The number of hydrogen-bond acceptors (Lipinski definition) is 5. The van der Waals surface area contributed by atoms with Gasteiger partial charge < -0.3 is 4.74 Å². The second-order valence-electron chi connectivity index (χ2n) is 2.51. The molecule has 0 amide bonds. The van der Waals surface area contributed by atoms with E-state index in [1.165, 1.54) is 24.6 Å². The van der Waals surface area contributed by atoms with Gasteiger partial charge in [-0.25, -0.2) is 14.8 Å². The Morgan fingerprint density at radius 3 is 3.14 bits per heavy atom. The van der Waals surface area contributed by atoms with E-state index in [9.17, 15) is 4.79 Å². The van der Waals surface area contributed by atoms with Crippen LogP contribution in [0.15, 0.2) is 12.3 Å². The Bertz CT molecular complexity index is 497. The van der Waals surface area contributed by atoms with Gasteiger partial charge in [0.25, 0.3) is 0 Å². The molecule has 0 aromatic carbocycles. The van der Waals surface area contributed by atoms with Gasteiger partial charge in [-0.3, -0.25) is 0 Å². The van der Waals surface area contributed by atoms with Crippen LogP contribution in [-0.4, -0.2) is 23.0 Å². The molecular formula is C8H5ClN2O2S. The Morgan fingerprint density at radius 2 is 2.43 bits per heavy atom. The summed E-state index contributed by atoms with van der Waals surface area (Å²) >= 11 is 6.97. The average molecular weight is 229 g/mol. The molecule has 0 fully saturated rings. The third-order valence-electron chi connectivity index (χ3n) is 1.64. The molecule has 72 valence electrons. The van der Waals surface area contributed by atoms with Crippen LogP contribution in [0.25, 0.3) is 10.3 Å². The topological polar surface area (TPSA) is 52.1 Å². The first-order valence-corrected chi connectivity index (χ1v) is 4.90. The number of esters is 1. The molecule has 6 heteroatoms. The standard InChI is InChI=1S/C8H5ClN2O2S/c1-13-7(12)4-2-5-6(10-3-4)14-8(9)11-5/h2-3H,1H3. The van der Waals surface area contributed by atoms with Crippen molar-refractivity contribution < 1.29 is 9.53 Å². The second kappa shape index (κ2) is 3.51. The lowest BCUT2D eigenvalue weighted by atomic mass is 10.3. The van der Waals surface area contributed by atoms with Crippen LogP contribution < -0.4 is 0 Å². The number of pyridine rings is 1. The molecule has 2 rings (SSSR count). The third kappa shape index (κ3) is 1.56. The summed E-state index contributed by atoms with van der Waals surface area (Å²) in [5, 5.41) is 0. The van der Waals surface area contributed by atoms with Crippen LogP contribution in [0.3, 0.4) is 0 Å². The summed E-state index contributed by atoms with van der Waals surface area (Å²) in [6.07, 6.45) is 1.45. The highest BCUT2D eigenvalue weighted by Crippen LogP contribution is 2.24. The molecule has 0 aliphatic carbocycles. The lowest BCUT2D eigenvalue weighted by Crippen LogP contribution is -2.01. The summed E-state index contributed by atoms with van der Waals surface area (Å²) < 4.78 is 4.97. The van der Waals surface area contributed by atoms with E-state index in [4.69, 9.17) is 11.6 Å². The molecule has 0 aliphatic heterocycles. The molecule has 2 heterocycles. The van der Waals surface area contributed by atoms with Gasteiger partial charge in [0.1, 0.15) is 10.3 Å². The van der Waals surface area contributed by atoms with Gasteiger partial charge in [-0.15, -0.1) is 0 Å². The van der Waals surface area contributed by atoms with Crippen LogP contribution in [0.5, 0.6) is 0 Å². The maximum Gasteiger partial charge on any atom is 0.339 e. The van der Waals surface area contributed by atoms with Crippen molar-refractivity contribution >= 4 is 39.3 Å². The maximum atomic E-state index is 11.1. The predicted molar refractivity (Wildman–Crippen MR) is 53.8 cm³/mol. The van der Waals surface area contributed by atoms with E-state index >= 15 is 0 Å². The van der Waals surface area contributed by atoms with Crippen LogP contribution in [0.2, 0.25) is 4.47 Å². The molecular weight excluding hydrogens is 224 g/mol. The average Bonchev–Trinajstić information content (AvgIpc) is 2.55. The fourth-order valence-electron chi connectivity index (χ4n) is 1.03. The number of fused-ring (bicyclic) bond motifs is 1. The number of carbonyl (C=O) groups excluding carboxylic acids is 1. The minimum absolute atomic E-state index is 0.377. The quantitative estimate of drug-likeness (QED) is 0.702. The monoisotopic (exact) mass is 228 g/mol. The van der Waals surface area contributed by atoms with Gasteiger partial charge in [0, 0.05) is 6.20 Å². The molecule has 0 aliphatic rings. The molecule has 0 spiro atoms. The lowest BCUT2D eigenvalue weighted by molar-refractivity contribution is 0.0600. The van der Waals surface area contributed by atoms with Gasteiger partial charge in [-0.05, 0) is 6.07 Å². The summed E-state index contributed by atoms with van der Waals surface area (Å²) in [6.45, 7) is 0. The predicted octanol–water partition coefficient (Wildman–Crippen LogP) is 2.13. The Morgan fingerprint density at radius 1 is 1.64 bits per heavy atom. The molecule has 0 unspecified atom stereocenters. The smallest absolute Gasteiger partial charge is 0.339 e. The normalized spacial score (nSPS) is 10.4. The van der Waals surface area contributed by atoms with Crippen LogP contribution in [0.1, 0.15) is 10.4 Å². The van der Waals surface area contributed by atoms with Gasteiger partial charge in [0.15, 0.2) is 4.47 Å². The maximum absolute atomic E-state index is 11.1. The SMILES string of the molecule is COC(=O)c1cnc2sc(Cl)nc2c1. The fraction of sp³-hybridized carbons (Fsp3) is 0.125. The number of rotatable bonds is 1. The number of halogens is 1. The van der Waals surface area contributed by atoms with Crippen LogP contribution >= 0.6 is 22.9 Å². The van der Waals surface area contributed by atoms with E-state index < -0.39 is 5.97 Å².